The van der Waals surface area contributed by atoms with Crippen LogP contribution >= 0.6 is 0 Å². The van der Waals surface area contributed by atoms with Crippen molar-refractivity contribution in [2.75, 3.05) is 7.11 Å². The number of ether oxygens (including phenoxy) is 1. The molecule has 0 amide bonds. The molecule has 16 heavy (non-hydrogen) atoms. The minimum atomic E-state index is -0.304. The van der Waals surface area contributed by atoms with E-state index >= 15 is 0 Å². The molecule has 1 N–H and O–H groups in total. The molecule has 1 atom stereocenters. The largest absolute Gasteiger partial charge is 0.497 e. The Balaban J connectivity index is 2.37. The molecule has 0 aliphatic carbocycles. The van der Waals surface area contributed by atoms with Gasteiger partial charge in [0.1, 0.15) is 5.75 Å². The zero-order valence-corrected chi connectivity index (χ0v) is 9.65. The molecule has 0 fully saturated rings. The SMILES string of the molecule is C#CCCCC(O)Cc1ccc(OC)cc1. The van der Waals surface area contributed by atoms with E-state index in [0.29, 0.717) is 6.42 Å². The Morgan fingerprint density at radius 1 is 1.38 bits per heavy atom. The third-order valence-corrected chi connectivity index (χ3v) is 2.49. The topological polar surface area (TPSA) is 29.5 Å². The minimum absolute atomic E-state index is 0.304. The number of methoxy groups -OCH3 is 1. The number of benzene rings is 1. The molecule has 2 heteroatoms. The van der Waals surface area contributed by atoms with Crippen molar-refractivity contribution in [2.24, 2.45) is 0 Å². The lowest BCUT2D eigenvalue weighted by atomic mass is 10.0. The highest BCUT2D eigenvalue weighted by atomic mass is 16.5. The second-order valence-corrected chi connectivity index (χ2v) is 3.80. The van der Waals surface area contributed by atoms with Crippen LogP contribution in [0, 0.1) is 12.3 Å². The molecule has 0 aliphatic rings. The fourth-order valence-corrected chi connectivity index (χ4v) is 1.58. The van der Waals surface area contributed by atoms with Gasteiger partial charge in [-0.15, -0.1) is 12.3 Å². The van der Waals surface area contributed by atoms with E-state index in [-0.39, 0.29) is 6.10 Å². The van der Waals surface area contributed by atoms with Crippen molar-refractivity contribution in [1.29, 1.82) is 0 Å². The fraction of sp³-hybridized carbons (Fsp3) is 0.429. The van der Waals surface area contributed by atoms with Gasteiger partial charge in [-0.2, -0.15) is 0 Å². The molecule has 0 aromatic heterocycles. The predicted octanol–water partition coefficient (Wildman–Crippen LogP) is 2.40. The smallest absolute Gasteiger partial charge is 0.118 e. The number of hydrogen-bond acceptors (Lipinski definition) is 2. The number of rotatable bonds is 6. The summed E-state index contributed by atoms with van der Waals surface area (Å²) in [5.74, 6) is 3.41. The maximum Gasteiger partial charge on any atom is 0.118 e. The average molecular weight is 218 g/mol. The van der Waals surface area contributed by atoms with Gasteiger partial charge >= 0.3 is 0 Å². The van der Waals surface area contributed by atoms with Crippen molar-refractivity contribution < 1.29 is 9.84 Å². The molecule has 1 unspecified atom stereocenters. The van der Waals surface area contributed by atoms with Crippen LogP contribution in [0.4, 0.5) is 0 Å². The van der Waals surface area contributed by atoms with Crippen molar-refractivity contribution in [1.82, 2.24) is 0 Å². The summed E-state index contributed by atoms with van der Waals surface area (Å²) >= 11 is 0. The van der Waals surface area contributed by atoms with Gasteiger partial charge in [0.2, 0.25) is 0 Å². The Kier molecular flexibility index (Phi) is 5.45. The monoisotopic (exact) mass is 218 g/mol. The summed E-state index contributed by atoms with van der Waals surface area (Å²) in [6, 6.07) is 7.76. The molecule has 0 heterocycles. The molecule has 0 aliphatic heterocycles. The maximum atomic E-state index is 9.76. The van der Waals surface area contributed by atoms with Gasteiger partial charge in [-0.1, -0.05) is 12.1 Å². The van der Waals surface area contributed by atoms with Gasteiger partial charge in [0.15, 0.2) is 0 Å². The second kappa shape index (κ2) is 6.92. The Morgan fingerprint density at radius 2 is 2.06 bits per heavy atom. The molecule has 1 aromatic rings. The van der Waals surface area contributed by atoms with Gasteiger partial charge in [0.05, 0.1) is 13.2 Å². The third-order valence-electron chi connectivity index (χ3n) is 2.49. The molecule has 1 rings (SSSR count). The van der Waals surface area contributed by atoms with Crippen LogP contribution in [0.15, 0.2) is 24.3 Å². The molecular formula is C14H18O2. The lowest BCUT2D eigenvalue weighted by Gasteiger charge is -2.10. The number of unbranched alkanes of at least 4 members (excludes halogenated alkanes) is 1. The highest BCUT2D eigenvalue weighted by Crippen LogP contribution is 2.14. The number of terminal acetylenes is 1. The minimum Gasteiger partial charge on any atom is -0.497 e. The van der Waals surface area contributed by atoms with E-state index in [1.165, 1.54) is 0 Å². The highest BCUT2D eigenvalue weighted by molar-refractivity contribution is 5.27. The van der Waals surface area contributed by atoms with E-state index in [0.717, 1.165) is 30.6 Å². The van der Waals surface area contributed by atoms with Gasteiger partial charge < -0.3 is 9.84 Å². The normalized spacial score (nSPS) is 11.8. The van der Waals surface area contributed by atoms with E-state index in [9.17, 15) is 5.11 Å². The number of aliphatic hydroxyl groups is 1. The van der Waals surface area contributed by atoms with Gasteiger partial charge in [-0.05, 0) is 37.0 Å². The van der Waals surface area contributed by atoms with Crippen LogP contribution in [0.1, 0.15) is 24.8 Å². The van der Waals surface area contributed by atoms with Crippen molar-refractivity contribution >= 4 is 0 Å². The summed E-state index contributed by atoms with van der Waals surface area (Å²) in [5, 5.41) is 9.76. The van der Waals surface area contributed by atoms with Crippen molar-refractivity contribution in [2.45, 2.75) is 31.8 Å². The van der Waals surface area contributed by atoms with E-state index in [4.69, 9.17) is 11.2 Å². The molecular weight excluding hydrogens is 200 g/mol. The molecule has 0 radical (unpaired) electrons. The zero-order chi connectivity index (χ0) is 11.8. The average Bonchev–Trinajstić information content (AvgIpc) is 2.30. The van der Waals surface area contributed by atoms with Crippen LogP contribution < -0.4 is 4.74 Å². The van der Waals surface area contributed by atoms with E-state index < -0.39 is 0 Å². The summed E-state index contributed by atoms with van der Waals surface area (Å²) in [4.78, 5) is 0. The van der Waals surface area contributed by atoms with Crippen LogP contribution in [0.3, 0.4) is 0 Å². The molecule has 0 saturated carbocycles. The van der Waals surface area contributed by atoms with Gasteiger partial charge in [0, 0.05) is 6.42 Å². The van der Waals surface area contributed by atoms with Crippen LogP contribution in [0.25, 0.3) is 0 Å². The first-order valence-corrected chi connectivity index (χ1v) is 5.50. The van der Waals surface area contributed by atoms with Crippen LogP contribution in [0.2, 0.25) is 0 Å². The quantitative estimate of drug-likeness (QED) is 0.587. The van der Waals surface area contributed by atoms with Gasteiger partial charge in [0.25, 0.3) is 0 Å². The first-order chi connectivity index (χ1) is 7.76. The molecule has 0 saturated heterocycles. The maximum absolute atomic E-state index is 9.76. The summed E-state index contributed by atoms with van der Waals surface area (Å²) < 4.78 is 5.07. The molecule has 2 nitrogen and oxygen atoms in total. The molecule has 1 aromatic carbocycles. The lowest BCUT2D eigenvalue weighted by molar-refractivity contribution is 0.162. The van der Waals surface area contributed by atoms with Crippen LogP contribution in [-0.2, 0) is 6.42 Å². The Labute approximate surface area is 97.3 Å². The van der Waals surface area contributed by atoms with Crippen LogP contribution in [-0.4, -0.2) is 18.3 Å². The first-order valence-electron chi connectivity index (χ1n) is 5.50. The number of hydrogen-bond donors (Lipinski definition) is 1. The summed E-state index contributed by atoms with van der Waals surface area (Å²) in [7, 11) is 1.64. The van der Waals surface area contributed by atoms with E-state index in [1.54, 1.807) is 7.11 Å². The molecule has 86 valence electrons. The van der Waals surface area contributed by atoms with Crippen molar-refractivity contribution in [3.05, 3.63) is 29.8 Å². The predicted molar refractivity (Wildman–Crippen MR) is 65.4 cm³/mol. The van der Waals surface area contributed by atoms with Crippen molar-refractivity contribution in [3.63, 3.8) is 0 Å². The highest BCUT2D eigenvalue weighted by Gasteiger charge is 2.05. The van der Waals surface area contributed by atoms with Crippen LogP contribution in [0.5, 0.6) is 5.75 Å². The summed E-state index contributed by atoms with van der Waals surface area (Å²) in [6.45, 7) is 0. The third kappa shape index (κ3) is 4.37. The van der Waals surface area contributed by atoms with E-state index in [2.05, 4.69) is 5.92 Å². The fourth-order valence-electron chi connectivity index (χ4n) is 1.58. The summed E-state index contributed by atoms with van der Waals surface area (Å²) in [5.41, 5.74) is 1.12. The Bertz CT molecular complexity index is 335. The lowest BCUT2D eigenvalue weighted by Crippen LogP contribution is -2.09. The Morgan fingerprint density at radius 3 is 2.62 bits per heavy atom. The van der Waals surface area contributed by atoms with E-state index in [1.807, 2.05) is 24.3 Å². The number of aliphatic hydroxyl groups excluding tert-OH is 1. The molecule has 0 bridgehead atoms. The van der Waals surface area contributed by atoms with Gasteiger partial charge in [-0.3, -0.25) is 0 Å². The van der Waals surface area contributed by atoms with Gasteiger partial charge in [-0.25, -0.2) is 0 Å². The summed E-state index contributed by atoms with van der Waals surface area (Å²) in [6.07, 6.45) is 7.90. The Hall–Kier alpha value is -1.46. The molecule has 0 spiro atoms. The van der Waals surface area contributed by atoms with Crippen molar-refractivity contribution in [3.8, 4) is 18.1 Å². The first kappa shape index (κ1) is 12.6. The second-order valence-electron chi connectivity index (χ2n) is 3.80. The zero-order valence-electron chi connectivity index (χ0n) is 9.65. The standard InChI is InChI=1S/C14H18O2/c1-3-4-5-6-13(15)11-12-7-9-14(16-2)10-8-12/h1,7-10,13,15H,4-6,11H2,2H3.